The van der Waals surface area contributed by atoms with Crippen molar-refractivity contribution in [3.63, 3.8) is 0 Å². The van der Waals surface area contributed by atoms with Gasteiger partial charge in [-0.2, -0.15) is 0 Å². The molecule has 3 aromatic rings. The Morgan fingerprint density at radius 1 is 0.967 bits per heavy atom. The molecule has 2 fully saturated rings. The Hall–Kier alpha value is -2.99. The third kappa shape index (κ3) is 3.75. The van der Waals surface area contributed by atoms with Crippen molar-refractivity contribution < 1.29 is 9.21 Å². The first-order valence-corrected chi connectivity index (χ1v) is 10.6. The van der Waals surface area contributed by atoms with Gasteiger partial charge in [-0.15, -0.1) is 0 Å². The molecule has 1 unspecified atom stereocenters. The fourth-order valence-corrected chi connectivity index (χ4v) is 4.71. The maximum atomic E-state index is 13.2. The van der Waals surface area contributed by atoms with Crippen LogP contribution in [0.15, 0.2) is 65.5 Å². The van der Waals surface area contributed by atoms with Gasteiger partial charge in [0.1, 0.15) is 0 Å². The van der Waals surface area contributed by atoms with E-state index in [2.05, 4.69) is 44.0 Å². The molecule has 0 N–H and O–H groups in total. The van der Waals surface area contributed by atoms with Gasteiger partial charge in [-0.25, -0.2) is 9.97 Å². The summed E-state index contributed by atoms with van der Waals surface area (Å²) < 4.78 is 5.35. The van der Waals surface area contributed by atoms with E-state index in [0.29, 0.717) is 17.5 Å². The highest BCUT2D eigenvalue weighted by Crippen LogP contribution is 2.41. The zero-order chi connectivity index (χ0) is 20.4. The number of furan rings is 1. The van der Waals surface area contributed by atoms with E-state index in [9.17, 15) is 4.79 Å². The maximum Gasteiger partial charge on any atom is 0.230 e. The van der Waals surface area contributed by atoms with Crippen molar-refractivity contribution in [1.29, 1.82) is 0 Å². The summed E-state index contributed by atoms with van der Waals surface area (Å²) in [4.78, 5) is 26.5. The Morgan fingerprint density at radius 3 is 2.53 bits per heavy atom. The third-order valence-electron chi connectivity index (χ3n) is 6.40. The molecule has 4 heterocycles. The van der Waals surface area contributed by atoms with Crippen molar-refractivity contribution in [3.05, 3.63) is 72.2 Å². The fraction of sp³-hybridized carbons (Fsp3) is 0.375. The molecule has 154 valence electrons. The lowest BCUT2D eigenvalue weighted by Crippen LogP contribution is -2.37. The van der Waals surface area contributed by atoms with E-state index in [1.165, 1.54) is 5.56 Å². The van der Waals surface area contributed by atoms with Gasteiger partial charge >= 0.3 is 0 Å². The number of hydrogen-bond donors (Lipinski definition) is 0. The van der Waals surface area contributed by atoms with Gasteiger partial charge in [0.25, 0.3) is 0 Å². The number of nitrogens with zero attached hydrogens (tertiary/aromatic N) is 4. The smallest absolute Gasteiger partial charge is 0.230 e. The van der Waals surface area contributed by atoms with Crippen LogP contribution in [0.1, 0.15) is 24.0 Å². The molecule has 6 heteroatoms. The number of rotatable bonds is 6. The number of amides is 1. The highest BCUT2D eigenvalue weighted by atomic mass is 16.3. The van der Waals surface area contributed by atoms with E-state index in [1.54, 1.807) is 6.26 Å². The average molecular weight is 402 g/mol. The zero-order valence-corrected chi connectivity index (χ0v) is 17.0. The topological polar surface area (TPSA) is 62.5 Å². The summed E-state index contributed by atoms with van der Waals surface area (Å²) in [5, 5.41) is 0. The second-order valence-electron chi connectivity index (χ2n) is 8.41. The van der Waals surface area contributed by atoms with Gasteiger partial charge in [0, 0.05) is 44.1 Å². The molecule has 1 aromatic carbocycles. The van der Waals surface area contributed by atoms with Crippen molar-refractivity contribution in [3.8, 4) is 11.6 Å². The van der Waals surface area contributed by atoms with E-state index in [-0.39, 0.29) is 5.41 Å². The van der Waals surface area contributed by atoms with Gasteiger partial charge in [0.15, 0.2) is 11.6 Å². The number of benzene rings is 1. The second kappa shape index (κ2) is 8.03. The highest BCUT2D eigenvalue weighted by Gasteiger charge is 2.50. The van der Waals surface area contributed by atoms with Crippen molar-refractivity contribution in [1.82, 2.24) is 19.8 Å². The fourth-order valence-electron chi connectivity index (χ4n) is 4.71. The summed E-state index contributed by atoms with van der Waals surface area (Å²) in [5.41, 5.74) is 2.15. The molecular formula is C24H26N4O2. The largest absolute Gasteiger partial charge is 0.461 e. The van der Waals surface area contributed by atoms with Crippen LogP contribution in [0.4, 0.5) is 0 Å². The Bertz CT molecular complexity index is 988. The van der Waals surface area contributed by atoms with Crippen molar-refractivity contribution in [2.45, 2.75) is 25.8 Å². The lowest BCUT2D eigenvalue weighted by atomic mass is 9.85. The van der Waals surface area contributed by atoms with Crippen molar-refractivity contribution in [2.24, 2.45) is 5.41 Å². The Morgan fingerprint density at radius 2 is 1.77 bits per heavy atom. The van der Waals surface area contributed by atoms with Gasteiger partial charge in [-0.1, -0.05) is 30.3 Å². The Balaban J connectivity index is 1.17. The number of likely N-dealkylation sites (tertiary alicyclic amines) is 2. The Labute approximate surface area is 176 Å². The molecule has 2 aliphatic heterocycles. The van der Waals surface area contributed by atoms with Gasteiger partial charge in [-0.3, -0.25) is 9.69 Å². The van der Waals surface area contributed by atoms with Crippen LogP contribution in [0.25, 0.3) is 11.6 Å². The molecular weight excluding hydrogens is 376 g/mol. The minimum absolute atomic E-state index is 0.203. The first-order valence-electron chi connectivity index (χ1n) is 10.6. The van der Waals surface area contributed by atoms with E-state index in [1.807, 2.05) is 30.6 Å². The monoisotopic (exact) mass is 402 g/mol. The van der Waals surface area contributed by atoms with E-state index in [4.69, 9.17) is 4.42 Å². The van der Waals surface area contributed by atoms with Crippen LogP contribution in [0.3, 0.4) is 0 Å². The molecule has 2 aromatic heterocycles. The predicted molar refractivity (Wildman–Crippen MR) is 113 cm³/mol. The number of hydrogen-bond acceptors (Lipinski definition) is 5. The normalized spacial score (nSPS) is 21.7. The molecule has 2 saturated heterocycles. The van der Waals surface area contributed by atoms with E-state index < -0.39 is 0 Å². The van der Waals surface area contributed by atoms with Gasteiger partial charge in [0.2, 0.25) is 5.91 Å². The first-order chi connectivity index (χ1) is 14.7. The van der Waals surface area contributed by atoms with E-state index >= 15 is 0 Å². The summed E-state index contributed by atoms with van der Waals surface area (Å²) in [6.07, 6.45) is 8.17. The first kappa shape index (κ1) is 19.0. The summed E-state index contributed by atoms with van der Waals surface area (Å²) in [6.45, 7) is 4.23. The van der Waals surface area contributed by atoms with Crippen molar-refractivity contribution >= 4 is 5.91 Å². The van der Waals surface area contributed by atoms with Gasteiger partial charge in [-0.05, 0) is 43.5 Å². The molecule has 1 atom stereocenters. The number of carbonyl (C=O) groups is 1. The average Bonchev–Trinajstić information content (AvgIpc) is 3.52. The molecule has 0 aliphatic carbocycles. The summed E-state index contributed by atoms with van der Waals surface area (Å²) in [6, 6.07) is 14.1. The quantitative estimate of drug-likeness (QED) is 0.632. The molecule has 0 bridgehead atoms. The molecule has 1 spiro atoms. The van der Waals surface area contributed by atoms with Gasteiger partial charge in [0.05, 0.1) is 11.7 Å². The molecule has 2 aliphatic rings. The summed E-state index contributed by atoms with van der Waals surface area (Å²) in [5.74, 6) is 1.61. The Kier molecular flexibility index (Phi) is 5.09. The van der Waals surface area contributed by atoms with Crippen LogP contribution in [0.5, 0.6) is 0 Å². The third-order valence-corrected chi connectivity index (χ3v) is 6.40. The SMILES string of the molecule is O=C1N(CCc2ccccc2)CCC12CCN(Cc1cnc(-c3ccco3)nc1)C2. The molecule has 6 nitrogen and oxygen atoms in total. The van der Waals surface area contributed by atoms with Crippen LogP contribution >= 0.6 is 0 Å². The van der Waals surface area contributed by atoms with Crippen molar-refractivity contribution in [2.75, 3.05) is 26.2 Å². The minimum atomic E-state index is -0.203. The molecule has 0 radical (unpaired) electrons. The standard InChI is InChI=1S/C24H26N4O2/c29-23-24(10-13-28(23)11-8-19-5-2-1-3-6-19)9-12-27(18-24)17-20-15-25-22(26-16-20)21-7-4-14-30-21/h1-7,14-16H,8-13,17-18H2. The molecule has 1 amide bonds. The molecule has 5 rings (SSSR count). The zero-order valence-electron chi connectivity index (χ0n) is 17.0. The van der Waals surface area contributed by atoms with Crippen LogP contribution in [-0.2, 0) is 17.8 Å². The van der Waals surface area contributed by atoms with Crippen LogP contribution in [0, 0.1) is 5.41 Å². The highest BCUT2D eigenvalue weighted by molar-refractivity contribution is 5.85. The lowest BCUT2D eigenvalue weighted by molar-refractivity contribution is -0.135. The molecule has 0 saturated carbocycles. The van der Waals surface area contributed by atoms with Crippen LogP contribution < -0.4 is 0 Å². The number of carbonyl (C=O) groups excluding carboxylic acids is 1. The van der Waals surface area contributed by atoms with Gasteiger partial charge < -0.3 is 9.32 Å². The lowest BCUT2D eigenvalue weighted by Gasteiger charge is -2.24. The number of aromatic nitrogens is 2. The minimum Gasteiger partial charge on any atom is -0.461 e. The maximum absolute atomic E-state index is 13.2. The predicted octanol–water partition coefficient (Wildman–Crippen LogP) is 3.40. The van der Waals surface area contributed by atoms with E-state index in [0.717, 1.165) is 57.5 Å². The summed E-state index contributed by atoms with van der Waals surface area (Å²) in [7, 11) is 0. The van der Waals surface area contributed by atoms with Crippen LogP contribution in [0.2, 0.25) is 0 Å². The summed E-state index contributed by atoms with van der Waals surface area (Å²) >= 11 is 0. The molecule has 30 heavy (non-hydrogen) atoms. The van der Waals surface area contributed by atoms with Crippen LogP contribution in [-0.4, -0.2) is 51.9 Å². The second-order valence-corrected chi connectivity index (χ2v) is 8.41.